The van der Waals surface area contributed by atoms with Crippen molar-refractivity contribution < 1.29 is 14.6 Å². The third-order valence-corrected chi connectivity index (χ3v) is 2.65. The fourth-order valence-electron chi connectivity index (χ4n) is 1.76. The average molecular weight is 245 g/mol. The Morgan fingerprint density at radius 1 is 1.35 bits per heavy atom. The fraction of sp³-hybridized carbons (Fsp3) is 0.923. The normalized spacial score (nSPS) is 15.8. The molecule has 102 valence electrons. The zero-order valence-corrected chi connectivity index (χ0v) is 12.0. The lowest BCUT2D eigenvalue weighted by molar-refractivity contribution is -0.127. The van der Waals surface area contributed by atoms with Crippen molar-refractivity contribution in [2.45, 2.75) is 58.7 Å². The van der Waals surface area contributed by atoms with Gasteiger partial charge in [-0.15, -0.1) is 0 Å². The summed E-state index contributed by atoms with van der Waals surface area (Å²) in [4.78, 5) is 11.6. The lowest BCUT2D eigenvalue weighted by Crippen LogP contribution is -2.43. The molecule has 0 saturated carbocycles. The van der Waals surface area contributed by atoms with Crippen molar-refractivity contribution in [3.8, 4) is 0 Å². The van der Waals surface area contributed by atoms with E-state index in [1.54, 1.807) is 14.0 Å². The zero-order valence-electron chi connectivity index (χ0n) is 12.0. The number of hydrogen-bond donors (Lipinski definition) is 2. The summed E-state index contributed by atoms with van der Waals surface area (Å²) in [5.74, 6) is 0.304. The number of nitrogens with one attached hydrogen (secondary N) is 1. The van der Waals surface area contributed by atoms with E-state index in [0.29, 0.717) is 18.8 Å². The molecule has 0 aliphatic rings. The van der Waals surface area contributed by atoms with Crippen molar-refractivity contribution in [2.24, 2.45) is 5.92 Å². The molecule has 0 rings (SSSR count). The van der Waals surface area contributed by atoms with E-state index in [2.05, 4.69) is 5.32 Å². The summed E-state index contributed by atoms with van der Waals surface area (Å²) in [7, 11) is 1.59. The van der Waals surface area contributed by atoms with Crippen LogP contribution in [0.1, 0.15) is 47.5 Å². The molecule has 0 heterocycles. The number of aliphatic hydroxyl groups is 1. The summed E-state index contributed by atoms with van der Waals surface area (Å²) in [6, 6.07) is 0. The minimum atomic E-state index is -0.846. The maximum Gasteiger partial charge on any atom is 0.222 e. The first-order valence-corrected chi connectivity index (χ1v) is 6.12. The van der Waals surface area contributed by atoms with E-state index in [9.17, 15) is 9.90 Å². The molecule has 0 aromatic rings. The second kappa shape index (κ2) is 6.36. The summed E-state index contributed by atoms with van der Waals surface area (Å²) in [5.41, 5.74) is -1.31. The molecule has 0 saturated heterocycles. The van der Waals surface area contributed by atoms with E-state index in [-0.39, 0.29) is 12.5 Å². The van der Waals surface area contributed by atoms with Gasteiger partial charge in [-0.3, -0.25) is 4.79 Å². The molecular formula is C13H27NO3. The van der Waals surface area contributed by atoms with E-state index in [1.807, 2.05) is 27.7 Å². The number of rotatable bonds is 7. The minimum absolute atomic E-state index is 0.0964. The molecule has 0 bridgehead atoms. The molecule has 0 aliphatic heterocycles. The number of hydrogen-bond acceptors (Lipinski definition) is 3. The van der Waals surface area contributed by atoms with Gasteiger partial charge in [0, 0.05) is 13.7 Å². The quantitative estimate of drug-likeness (QED) is 0.718. The molecule has 1 atom stereocenters. The molecule has 0 fully saturated rings. The largest absolute Gasteiger partial charge is 0.388 e. The van der Waals surface area contributed by atoms with Gasteiger partial charge in [0.05, 0.1) is 17.6 Å². The Labute approximate surface area is 105 Å². The maximum atomic E-state index is 11.6. The Balaban J connectivity index is 4.07. The lowest BCUT2D eigenvalue weighted by atomic mass is 9.94. The summed E-state index contributed by atoms with van der Waals surface area (Å²) in [6.45, 7) is 9.84. The highest BCUT2D eigenvalue weighted by Gasteiger charge is 2.25. The number of ether oxygens (including phenoxy) is 1. The summed E-state index contributed by atoms with van der Waals surface area (Å²) < 4.78 is 5.18. The predicted octanol–water partition coefficient (Wildman–Crippen LogP) is 1.71. The van der Waals surface area contributed by atoms with Crippen LogP contribution in [0.25, 0.3) is 0 Å². The van der Waals surface area contributed by atoms with Gasteiger partial charge in [0.15, 0.2) is 0 Å². The second-order valence-corrected chi connectivity index (χ2v) is 6.01. The van der Waals surface area contributed by atoms with Crippen LogP contribution in [-0.2, 0) is 9.53 Å². The van der Waals surface area contributed by atoms with Gasteiger partial charge in [-0.1, -0.05) is 13.8 Å². The summed E-state index contributed by atoms with van der Waals surface area (Å²) >= 11 is 0. The van der Waals surface area contributed by atoms with Gasteiger partial charge in [-0.25, -0.2) is 0 Å². The molecule has 0 spiro atoms. The first-order valence-electron chi connectivity index (χ1n) is 6.12. The van der Waals surface area contributed by atoms with Crippen LogP contribution in [0.15, 0.2) is 0 Å². The topological polar surface area (TPSA) is 58.6 Å². The number of carbonyl (C=O) groups excluding carboxylic acids is 1. The molecule has 4 nitrogen and oxygen atoms in total. The number of amides is 1. The highest BCUT2D eigenvalue weighted by atomic mass is 16.5. The van der Waals surface area contributed by atoms with Crippen molar-refractivity contribution in [3.05, 3.63) is 0 Å². The van der Waals surface area contributed by atoms with Gasteiger partial charge >= 0.3 is 0 Å². The van der Waals surface area contributed by atoms with E-state index in [1.165, 1.54) is 0 Å². The molecule has 4 heteroatoms. The molecule has 0 aromatic carbocycles. The van der Waals surface area contributed by atoms with Crippen molar-refractivity contribution in [3.63, 3.8) is 0 Å². The molecule has 0 radical (unpaired) electrons. The molecule has 1 unspecified atom stereocenters. The van der Waals surface area contributed by atoms with Gasteiger partial charge in [0.1, 0.15) is 0 Å². The van der Waals surface area contributed by atoms with Gasteiger partial charge < -0.3 is 15.2 Å². The van der Waals surface area contributed by atoms with Crippen LogP contribution in [0.2, 0.25) is 0 Å². The van der Waals surface area contributed by atoms with Crippen molar-refractivity contribution in [1.29, 1.82) is 0 Å². The molecule has 1 amide bonds. The lowest BCUT2D eigenvalue weighted by Gasteiger charge is -2.27. The van der Waals surface area contributed by atoms with Crippen LogP contribution < -0.4 is 5.32 Å². The van der Waals surface area contributed by atoms with E-state index < -0.39 is 11.2 Å². The Bertz CT molecular complexity index is 247. The Morgan fingerprint density at radius 3 is 2.29 bits per heavy atom. The summed E-state index contributed by atoms with van der Waals surface area (Å²) in [5, 5.41) is 12.8. The predicted molar refractivity (Wildman–Crippen MR) is 68.8 cm³/mol. The molecule has 2 N–H and O–H groups in total. The first kappa shape index (κ1) is 16.4. The van der Waals surface area contributed by atoms with Gasteiger partial charge in [0.25, 0.3) is 0 Å². The Hall–Kier alpha value is -0.610. The molecule has 0 aliphatic carbocycles. The zero-order chi connectivity index (χ0) is 13.7. The smallest absolute Gasteiger partial charge is 0.222 e. The Kier molecular flexibility index (Phi) is 6.13. The molecular weight excluding hydrogens is 218 g/mol. The van der Waals surface area contributed by atoms with Crippen LogP contribution in [0, 0.1) is 5.92 Å². The van der Waals surface area contributed by atoms with Gasteiger partial charge in [0.2, 0.25) is 5.91 Å². The third kappa shape index (κ3) is 8.16. The second-order valence-electron chi connectivity index (χ2n) is 6.01. The average Bonchev–Trinajstić information content (AvgIpc) is 2.12. The number of carbonyl (C=O) groups is 1. The SMILES string of the molecule is COC(C)(C)CC(=O)NCC(C)(O)CC(C)C. The van der Waals surface area contributed by atoms with Crippen LogP contribution in [0.5, 0.6) is 0 Å². The van der Waals surface area contributed by atoms with Gasteiger partial charge in [-0.05, 0) is 33.1 Å². The van der Waals surface area contributed by atoms with Crippen LogP contribution >= 0.6 is 0 Å². The highest BCUT2D eigenvalue weighted by molar-refractivity contribution is 5.77. The third-order valence-electron chi connectivity index (χ3n) is 2.65. The van der Waals surface area contributed by atoms with Crippen molar-refractivity contribution in [2.75, 3.05) is 13.7 Å². The highest BCUT2D eigenvalue weighted by Crippen LogP contribution is 2.16. The Morgan fingerprint density at radius 2 is 1.88 bits per heavy atom. The molecule has 0 aromatic heterocycles. The van der Waals surface area contributed by atoms with Crippen molar-refractivity contribution >= 4 is 5.91 Å². The van der Waals surface area contributed by atoms with E-state index in [4.69, 9.17) is 4.74 Å². The number of methoxy groups -OCH3 is 1. The molecule has 17 heavy (non-hydrogen) atoms. The van der Waals surface area contributed by atoms with Crippen LogP contribution in [0.4, 0.5) is 0 Å². The minimum Gasteiger partial charge on any atom is -0.388 e. The van der Waals surface area contributed by atoms with E-state index >= 15 is 0 Å². The van der Waals surface area contributed by atoms with Crippen LogP contribution in [-0.4, -0.2) is 35.9 Å². The monoisotopic (exact) mass is 245 g/mol. The fourth-order valence-corrected chi connectivity index (χ4v) is 1.76. The van der Waals surface area contributed by atoms with Gasteiger partial charge in [-0.2, -0.15) is 0 Å². The van der Waals surface area contributed by atoms with Crippen molar-refractivity contribution in [1.82, 2.24) is 5.32 Å². The van der Waals surface area contributed by atoms with Crippen LogP contribution in [0.3, 0.4) is 0 Å². The maximum absolute atomic E-state index is 11.6. The summed E-state index contributed by atoms with van der Waals surface area (Å²) in [6.07, 6.45) is 0.961. The van der Waals surface area contributed by atoms with E-state index in [0.717, 1.165) is 0 Å². The standard InChI is InChI=1S/C13H27NO3/c1-10(2)7-13(5,16)9-14-11(15)8-12(3,4)17-6/h10,16H,7-9H2,1-6H3,(H,14,15). The first-order chi connectivity index (χ1) is 7.58.